The third-order valence-corrected chi connectivity index (χ3v) is 4.96. The van der Waals surface area contributed by atoms with Crippen LogP contribution >= 0.6 is 11.8 Å². The topological polar surface area (TPSA) is 73.0 Å². The van der Waals surface area contributed by atoms with Crippen LogP contribution in [0.25, 0.3) is 11.6 Å². The molecule has 3 aromatic rings. The van der Waals surface area contributed by atoms with E-state index in [0.29, 0.717) is 16.7 Å². The van der Waals surface area contributed by atoms with Crippen LogP contribution in [0.3, 0.4) is 0 Å². The molecule has 2 heterocycles. The molecule has 0 aliphatic carbocycles. The second kappa shape index (κ2) is 7.37. The molecule has 0 unspecified atom stereocenters. The molecule has 0 spiro atoms. The number of hydrogen-bond acceptors (Lipinski definition) is 5. The van der Waals surface area contributed by atoms with E-state index in [9.17, 15) is 4.79 Å². The number of hydrogen-bond donors (Lipinski definition) is 1. The summed E-state index contributed by atoms with van der Waals surface area (Å²) in [5, 5.41) is 11.8. The molecule has 0 atom stereocenters. The highest BCUT2D eigenvalue weighted by Gasteiger charge is 2.15. The molecule has 0 saturated carbocycles. The van der Waals surface area contributed by atoms with Crippen LogP contribution in [0.15, 0.2) is 52.2 Å². The molecule has 0 radical (unpaired) electrons. The van der Waals surface area contributed by atoms with Gasteiger partial charge in [0.1, 0.15) is 0 Å². The van der Waals surface area contributed by atoms with Crippen molar-refractivity contribution in [1.82, 2.24) is 14.8 Å². The lowest BCUT2D eigenvalue weighted by molar-refractivity contribution is -0.113. The summed E-state index contributed by atoms with van der Waals surface area (Å²) in [7, 11) is 1.85. The average molecular weight is 370 g/mol. The Balaban J connectivity index is 1.58. The van der Waals surface area contributed by atoms with Crippen molar-refractivity contribution in [2.45, 2.75) is 31.3 Å². The molecule has 1 amide bonds. The number of thioether (sulfide) groups is 1. The highest BCUT2D eigenvalue weighted by atomic mass is 32.2. The van der Waals surface area contributed by atoms with Crippen LogP contribution in [0.2, 0.25) is 0 Å². The standard InChI is InChI=1S/C19H22N4O2S/c1-19(2,3)13-7-9-14(10-8-13)20-16(24)12-26-18-22-21-17(23(18)4)15-6-5-11-25-15/h5-11H,12H2,1-4H3,(H,20,24). The fraction of sp³-hybridized carbons (Fsp3) is 0.316. The molecule has 26 heavy (non-hydrogen) atoms. The molecule has 1 aromatic carbocycles. The Morgan fingerprint density at radius 1 is 1.19 bits per heavy atom. The van der Waals surface area contributed by atoms with Gasteiger partial charge >= 0.3 is 0 Å². The highest BCUT2D eigenvalue weighted by Crippen LogP contribution is 2.25. The average Bonchev–Trinajstić information content (AvgIpc) is 3.22. The number of nitrogens with zero attached hydrogens (tertiary/aromatic N) is 3. The summed E-state index contributed by atoms with van der Waals surface area (Å²) in [4.78, 5) is 12.2. The number of aromatic nitrogens is 3. The zero-order valence-electron chi connectivity index (χ0n) is 15.3. The van der Waals surface area contributed by atoms with Gasteiger partial charge < -0.3 is 14.3 Å². The molecule has 136 valence electrons. The number of nitrogens with one attached hydrogen (secondary N) is 1. The summed E-state index contributed by atoms with van der Waals surface area (Å²) < 4.78 is 7.15. The third-order valence-electron chi connectivity index (χ3n) is 3.94. The lowest BCUT2D eigenvalue weighted by Crippen LogP contribution is -2.15. The van der Waals surface area contributed by atoms with Crippen LogP contribution in [-0.2, 0) is 17.3 Å². The summed E-state index contributed by atoms with van der Waals surface area (Å²) in [5.41, 5.74) is 2.11. The largest absolute Gasteiger partial charge is 0.461 e. The van der Waals surface area contributed by atoms with Crippen LogP contribution in [0, 0.1) is 0 Å². The maximum Gasteiger partial charge on any atom is 0.234 e. The Morgan fingerprint density at radius 3 is 2.54 bits per heavy atom. The van der Waals surface area contributed by atoms with Gasteiger partial charge in [-0.1, -0.05) is 44.7 Å². The molecule has 0 fully saturated rings. The van der Waals surface area contributed by atoms with Gasteiger partial charge in [-0.2, -0.15) is 0 Å². The second-order valence-electron chi connectivity index (χ2n) is 7.01. The molecule has 1 N–H and O–H groups in total. The summed E-state index contributed by atoms with van der Waals surface area (Å²) in [6.45, 7) is 6.49. The Morgan fingerprint density at radius 2 is 1.92 bits per heavy atom. The van der Waals surface area contributed by atoms with Crippen molar-refractivity contribution < 1.29 is 9.21 Å². The second-order valence-corrected chi connectivity index (χ2v) is 7.95. The van der Waals surface area contributed by atoms with E-state index in [2.05, 4.69) is 36.3 Å². The van der Waals surface area contributed by atoms with E-state index in [1.54, 1.807) is 12.3 Å². The minimum atomic E-state index is -0.0824. The Bertz CT molecular complexity index is 877. The van der Waals surface area contributed by atoms with Gasteiger partial charge in [0.05, 0.1) is 12.0 Å². The first-order valence-corrected chi connectivity index (χ1v) is 9.29. The van der Waals surface area contributed by atoms with Gasteiger partial charge in [-0.3, -0.25) is 4.79 Å². The number of anilines is 1. The van der Waals surface area contributed by atoms with Crippen molar-refractivity contribution in [2.75, 3.05) is 11.1 Å². The number of furan rings is 1. The number of amides is 1. The maximum absolute atomic E-state index is 12.2. The van der Waals surface area contributed by atoms with Crippen LogP contribution in [0.4, 0.5) is 5.69 Å². The summed E-state index contributed by atoms with van der Waals surface area (Å²) in [5.74, 6) is 1.46. The van der Waals surface area contributed by atoms with E-state index < -0.39 is 0 Å². The van der Waals surface area contributed by atoms with Gasteiger partial charge in [0, 0.05) is 12.7 Å². The minimum Gasteiger partial charge on any atom is -0.461 e. The molecule has 6 nitrogen and oxygen atoms in total. The van der Waals surface area contributed by atoms with Gasteiger partial charge in [-0.25, -0.2) is 0 Å². The molecule has 3 rings (SSSR count). The van der Waals surface area contributed by atoms with Crippen molar-refractivity contribution in [1.29, 1.82) is 0 Å². The predicted octanol–water partition coefficient (Wildman–Crippen LogP) is 4.10. The van der Waals surface area contributed by atoms with Crippen LogP contribution in [0.5, 0.6) is 0 Å². The number of benzene rings is 1. The summed E-state index contributed by atoms with van der Waals surface area (Å²) in [6, 6.07) is 11.6. The Hall–Kier alpha value is -2.54. The number of rotatable bonds is 5. The van der Waals surface area contributed by atoms with Crippen LogP contribution < -0.4 is 5.32 Å². The van der Waals surface area contributed by atoms with Gasteiger partial charge in [-0.15, -0.1) is 10.2 Å². The molecular weight excluding hydrogens is 348 g/mol. The van der Waals surface area contributed by atoms with E-state index >= 15 is 0 Å². The number of carbonyl (C=O) groups excluding carboxylic acids is 1. The summed E-state index contributed by atoms with van der Waals surface area (Å²) in [6.07, 6.45) is 1.59. The smallest absolute Gasteiger partial charge is 0.234 e. The van der Waals surface area contributed by atoms with Crippen molar-refractivity contribution in [3.63, 3.8) is 0 Å². The van der Waals surface area contributed by atoms with E-state index in [0.717, 1.165) is 5.69 Å². The molecule has 7 heteroatoms. The van der Waals surface area contributed by atoms with Gasteiger partial charge in [0.2, 0.25) is 5.91 Å². The maximum atomic E-state index is 12.2. The van der Waals surface area contributed by atoms with E-state index in [-0.39, 0.29) is 17.1 Å². The van der Waals surface area contributed by atoms with Gasteiger partial charge in [0.25, 0.3) is 0 Å². The molecule has 2 aromatic heterocycles. The first-order valence-electron chi connectivity index (χ1n) is 8.31. The van der Waals surface area contributed by atoms with E-state index in [1.165, 1.54) is 17.3 Å². The van der Waals surface area contributed by atoms with Gasteiger partial charge in [0.15, 0.2) is 16.7 Å². The van der Waals surface area contributed by atoms with Gasteiger partial charge in [-0.05, 0) is 35.2 Å². The van der Waals surface area contributed by atoms with E-state index in [4.69, 9.17) is 4.42 Å². The van der Waals surface area contributed by atoms with Crippen molar-refractivity contribution >= 4 is 23.4 Å². The zero-order valence-corrected chi connectivity index (χ0v) is 16.1. The normalized spacial score (nSPS) is 11.5. The fourth-order valence-electron chi connectivity index (χ4n) is 2.44. The van der Waals surface area contributed by atoms with Crippen LogP contribution in [0.1, 0.15) is 26.3 Å². The van der Waals surface area contributed by atoms with Crippen molar-refractivity contribution in [3.05, 3.63) is 48.2 Å². The zero-order chi connectivity index (χ0) is 18.7. The lowest BCUT2D eigenvalue weighted by Gasteiger charge is -2.19. The highest BCUT2D eigenvalue weighted by molar-refractivity contribution is 7.99. The van der Waals surface area contributed by atoms with Crippen molar-refractivity contribution in [3.8, 4) is 11.6 Å². The summed E-state index contributed by atoms with van der Waals surface area (Å²) >= 11 is 1.34. The first kappa shape index (κ1) is 18.3. The SMILES string of the molecule is Cn1c(SCC(=O)Nc2ccc(C(C)(C)C)cc2)nnc1-c1ccco1. The van der Waals surface area contributed by atoms with Crippen LogP contribution in [-0.4, -0.2) is 26.4 Å². The quantitative estimate of drug-likeness (QED) is 0.685. The predicted molar refractivity (Wildman–Crippen MR) is 103 cm³/mol. The van der Waals surface area contributed by atoms with Crippen molar-refractivity contribution in [2.24, 2.45) is 7.05 Å². The first-order chi connectivity index (χ1) is 12.3. The fourth-order valence-corrected chi connectivity index (χ4v) is 3.15. The molecular formula is C19H22N4O2S. The molecule has 0 bridgehead atoms. The minimum absolute atomic E-state index is 0.0824. The Kier molecular flexibility index (Phi) is 5.18. The number of carbonyl (C=O) groups is 1. The lowest BCUT2D eigenvalue weighted by atomic mass is 9.87. The van der Waals surface area contributed by atoms with E-state index in [1.807, 2.05) is 41.9 Å². The Labute approximate surface area is 157 Å². The molecule has 0 aliphatic rings. The third kappa shape index (κ3) is 4.16. The monoisotopic (exact) mass is 370 g/mol. The molecule has 0 saturated heterocycles. The molecule has 0 aliphatic heterocycles.